The van der Waals surface area contributed by atoms with Gasteiger partial charge in [-0.25, -0.2) is 15.0 Å². The Bertz CT molecular complexity index is 919. The first-order chi connectivity index (χ1) is 13.1. The first kappa shape index (κ1) is 19.0. The summed E-state index contributed by atoms with van der Waals surface area (Å²) in [6, 6.07) is 14.9. The third-order valence-corrected chi connectivity index (χ3v) is 4.23. The zero-order chi connectivity index (χ0) is 19.1. The molecule has 138 valence electrons. The van der Waals surface area contributed by atoms with Crippen LogP contribution in [0.5, 0.6) is 0 Å². The second-order valence-electron chi connectivity index (χ2n) is 5.72. The van der Waals surface area contributed by atoms with Gasteiger partial charge in [-0.05, 0) is 59.8 Å². The van der Waals surface area contributed by atoms with Crippen molar-refractivity contribution in [2.45, 2.75) is 6.92 Å². The number of benzene rings is 1. The molecule has 0 saturated carbocycles. The Morgan fingerprint density at radius 2 is 1.85 bits per heavy atom. The van der Waals surface area contributed by atoms with Gasteiger partial charge in [0.25, 0.3) is 5.91 Å². The fraction of sp³-hybridized carbons (Fsp3) is 0.158. The summed E-state index contributed by atoms with van der Waals surface area (Å²) < 4.78 is 1.03. The van der Waals surface area contributed by atoms with Gasteiger partial charge in [-0.1, -0.05) is 12.1 Å². The zero-order valence-corrected chi connectivity index (χ0v) is 16.9. The molecule has 0 radical (unpaired) electrons. The minimum atomic E-state index is -0.0910. The summed E-state index contributed by atoms with van der Waals surface area (Å²) in [4.78, 5) is 25.1. The molecular weight excluding hydrogens is 455 g/mol. The molecule has 8 heteroatoms. The number of hydrogen-bond donors (Lipinski definition) is 3. The van der Waals surface area contributed by atoms with Crippen molar-refractivity contribution in [3.63, 3.8) is 0 Å². The number of nitrogens with zero attached hydrogens (tertiary/aromatic N) is 3. The van der Waals surface area contributed by atoms with E-state index in [0.717, 1.165) is 3.57 Å². The summed E-state index contributed by atoms with van der Waals surface area (Å²) in [5.74, 6) is 2.61. The monoisotopic (exact) mass is 474 g/mol. The van der Waals surface area contributed by atoms with E-state index in [2.05, 4.69) is 53.5 Å². The highest BCUT2D eigenvalue weighted by Gasteiger charge is 2.06. The molecule has 0 spiro atoms. The molecule has 7 nitrogen and oxygen atoms in total. The maximum Gasteiger partial charge on any atom is 0.251 e. The molecule has 0 aliphatic rings. The number of anilines is 3. The number of rotatable bonds is 7. The number of hydrogen-bond acceptors (Lipinski definition) is 6. The molecule has 0 fully saturated rings. The third kappa shape index (κ3) is 5.88. The lowest BCUT2D eigenvalue weighted by Crippen LogP contribution is -2.29. The number of carbonyl (C=O) groups is 1. The van der Waals surface area contributed by atoms with Crippen molar-refractivity contribution in [2.75, 3.05) is 23.7 Å². The number of amides is 1. The van der Waals surface area contributed by atoms with Crippen molar-refractivity contribution in [1.29, 1.82) is 0 Å². The molecule has 1 amide bonds. The smallest absolute Gasteiger partial charge is 0.251 e. The largest absolute Gasteiger partial charge is 0.368 e. The van der Waals surface area contributed by atoms with Crippen LogP contribution in [0.4, 0.5) is 17.5 Å². The van der Waals surface area contributed by atoms with Crippen molar-refractivity contribution in [3.05, 3.63) is 69.7 Å². The number of aryl methyl sites for hydroxylation is 1. The molecule has 0 aliphatic carbocycles. The summed E-state index contributed by atoms with van der Waals surface area (Å²) in [5.41, 5.74) is 0.654. The minimum absolute atomic E-state index is 0.0910. The van der Waals surface area contributed by atoms with Crippen LogP contribution < -0.4 is 16.0 Å². The van der Waals surface area contributed by atoms with E-state index >= 15 is 0 Å². The number of aromatic nitrogens is 3. The van der Waals surface area contributed by atoms with E-state index in [-0.39, 0.29) is 5.91 Å². The molecule has 0 unspecified atom stereocenters. The van der Waals surface area contributed by atoms with Gasteiger partial charge < -0.3 is 16.0 Å². The maximum absolute atomic E-state index is 12.1. The molecule has 27 heavy (non-hydrogen) atoms. The fourth-order valence-electron chi connectivity index (χ4n) is 2.39. The van der Waals surface area contributed by atoms with Crippen LogP contribution in [-0.2, 0) is 0 Å². The summed E-state index contributed by atoms with van der Waals surface area (Å²) in [6.45, 7) is 2.86. The van der Waals surface area contributed by atoms with E-state index in [1.807, 2.05) is 49.4 Å². The topological polar surface area (TPSA) is 91.8 Å². The highest BCUT2D eigenvalue weighted by molar-refractivity contribution is 14.1. The van der Waals surface area contributed by atoms with Gasteiger partial charge in [0.1, 0.15) is 23.3 Å². The predicted molar refractivity (Wildman–Crippen MR) is 114 cm³/mol. The Labute approximate surface area is 171 Å². The molecule has 0 aliphatic heterocycles. The van der Waals surface area contributed by atoms with E-state index in [9.17, 15) is 4.79 Å². The van der Waals surface area contributed by atoms with Crippen LogP contribution in [0.1, 0.15) is 16.2 Å². The second-order valence-corrected chi connectivity index (χ2v) is 6.96. The van der Waals surface area contributed by atoms with Gasteiger partial charge in [0.15, 0.2) is 0 Å². The molecule has 3 rings (SSSR count). The minimum Gasteiger partial charge on any atom is -0.368 e. The zero-order valence-electron chi connectivity index (χ0n) is 14.7. The lowest BCUT2D eigenvalue weighted by Gasteiger charge is -2.10. The van der Waals surface area contributed by atoms with E-state index in [4.69, 9.17) is 0 Å². The van der Waals surface area contributed by atoms with Crippen LogP contribution in [0, 0.1) is 10.5 Å². The predicted octanol–water partition coefficient (Wildman–Crippen LogP) is 3.37. The first-order valence-electron chi connectivity index (χ1n) is 8.41. The first-order valence-corrected chi connectivity index (χ1v) is 9.49. The van der Waals surface area contributed by atoms with Crippen LogP contribution in [0.15, 0.2) is 54.7 Å². The average molecular weight is 474 g/mol. The molecular formula is C19H19IN6O. The van der Waals surface area contributed by atoms with E-state index in [1.165, 1.54) is 0 Å². The normalized spacial score (nSPS) is 10.3. The van der Waals surface area contributed by atoms with E-state index in [1.54, 1.807) is 12.3 Å². The van der Waals surface area contributed by atoms with Gasteiger partial charge in [-0.2, -0.15) is 0 Å². The highest BCUT2D eigenvalue weighted by Crippen LogP contribution is 2.15. The van der Waals surface area contributed by atoms with E-state index < -0.39 is 0 Å². The molecule has 0 saturated heterocycles. The quantitative estimate of drug-likeness (QED) is 0.360. The number of carbonyl (C=O) groups excluding carboxylic acids is 1. The van der Waals surface area contributed by atoms with Crippen LogP contribution >= 0.6 is 22.6 Å². The summed E-state index contributed by atoms with van der Waals surface area (Å²) in [5, 5.41) is 9.24. The number of halogens is 1. The maximum atomic E-state index is 12.1. The third-order valence-electron chi connectivity index (χ3n) is 3.56. The van der Waals surface area contributed by atoms with Gasteiger partial charge >= 0.3 is 0 Å². The summed E-state index contributed by atoms with van der Waals surface area (Å²) in [7, 11) is 0. The molecule has 1 aromatic carbocycles. The number of nitrogens with one attached hydrogen (secondary N) is 3. The molecule has 0 bridgehead atoms. The summed E-state index contributed by atoms with van der Waals surface area (Å²) in [6.07, 6.45) is 1.71. The Morgan fingerprint density at radius 3 is 2.63 bits per heavy atom. The van der Waals surface area contributed by atoms with Gasteiger partial charge in [0.05, 0.1) is 0 Å². The number of pyridine rings is 1. The SMILES string of the molecule is Cc1nc(NCCNC(=O)c2cccc(I)c2)cc(Nc2ccccn2)n1. The summed E-state index contributed by atoms with van der Waals surface area (Å²) >= 11 is 2.19. The standard InChI is InChI=1S/C19H19IN6O/c1-13-24-17(12-18(25-13)26-16-7-2-3-8-21-16)22-9-10-23-19(27)14-5-4-6-15(20)11-14/h2-8,11-12H,9-10H2,1H3,(H,23,27)(H2,21,22,24,25,26). The molecule has 3 aromatic rings. The van der Waals surface area contributed by atoms with E-state index in [0.29, 0.717) is 41.9 Å². The molecule has 3 N–H and O–H groups in total. The second kappa shape index (κ2) is 9.26. The Balaban J connectivity index is 1.53. The van der Waals surface area contributed by atoms with Crippen molar-refractivity contribution in [2.24, 2.45) is 0 Å². The Kier molecular flexibility index (Phi) is 6.53. The fourth-order valence-corrected chi connectivity index (χ4v) is 2.93. The van der Waals surface area contributed by atoms with Gasteiger partial charge in [-0.15, -0.1) is 0 Å². The molecule has 2 aromatic heterocycles. The van der Waals surface area contributed by atoms with Gasteiger partial charge in [0, 0.05) is 34.5 Å². The lowest BCUT2D eigenvalue weighted by molar-refractivity contribution is 0.0955. The van der Waals surface area contributed by atoms with Gasteiger partial charge in [-0.3, -0.25) is 4.79 Å². The van der Waals surface area contributed by atoms with Crippen molar-refractivity contribution >= 4 is 46.0 Å². The van der Waals surface area contributed by atoms with Crippen molar-refractivity contribution in [1.82, 2.24) is 20.3 Å². The molecule has 0 atom stereocenters. The van der Waals surface area contributed by atoms with Crippen molar-refractivity contribution < 1.29 is 4.79 Å². The molecule has 2 heterocycles. The Hall–Kier alpha value is -2.75. The average Bonchev–Trinajstić information content (AvgIpc) is 2.65. The van der Waals surface area contributed by atoms with Crippen LogP contribution in [0.2, 0.25) is 0 Å². The lowest BCUT2D eigenvalue weighted by atomic mass is 10.2. The van der Waals surface area contributed by atoms with Crippen molar-refractivity contribution in [3.8, 4) is 0 Å². The highest BCUT2D eigenvalue weighted by atomic mass is 127. The van der Waals surface area contributed by atoms with Crippen LogP contribution in [-0.4, -0.2) is 33.9 Å². The van der Waals surface area contributed by atoms with Gasteiger partial charge in [0.2, 0.25) is 0 Å². The Morgan fingerprint density at radius 1 is 1.00 bits per heavy atom. The van der Waals surface area contributed by atoms with Crippen LogP contribution in [0.3, 0.4) is 0 Å². The van der Waals surface area contributed by atoms with Crippen LogP contribution in [0.25, 0.3) is 0 Å².